The van der Waals surface area contributed by atoms with Crippen molar-refractivity contribution in [1.82, 2.24) is 0 Å². The van der Waals surface area contributed by atoms with E-state index in [2.05, 4.69) is 139 Å². The molecule has 0 unspecified atom stereocenters. The Balaban J connectivity index is 2.12. The van der Waals surface area contributed by atoms with Gasteiger partial charge in [0.05, 0.1) is 0 Å². The lowest BCUT2D eigenvalue weighted by atomic mass is 10.2. The van der Waals surface area contributed by atoms with E-state index in [4.69, 9.17) is 0 Å². The van der Waals surface area contributed by atoms with Crippen molar-refractivity contribution in [2.45, 2.75) is 59.3 Å². The van der Waals surface area contributed by atoms with Crippen molar-refractivity contribution in [3.8, 4) is 0 Å². The van der Waals surface area contributed by atoms with Crippen LogP contribution in [0, 0.1) is 27.7 Å². The van der Waals surface area contributed by atoms with Crippen LogP contribution in [0.3, 0.4) is 0 Å². The fourth-order valence-corrected chi connectivity index (χ4v) is 13.7. The lowest BCUT2D eigenvalue weighted by Gasteiger charge is -2.48. The van der Waals surface area contributed by atoms with Crippen molar-refractivity contribution in [2.75, 3.05) is 0 Å². The molecule has 0 nitrogen and oxygen atoms in total. The van der Waals surface area contributed by atoms with Crippen LogP contribution in [0.2, 0.25) is 0 Å². The SMILES string of the molecule is CCC(CC)(P(c1ccccc1C)c1ccccc1C)P(c1ccccc1C)c1ccccc1C. The van der Waals surface area contributed by atoms with Crippen molar-refractivity contribution < 1.29 is 0 Å². The summed E-state index contributed by atoms with van der Waals surface area (Å²) >= 11 is 0. The van der Waals surface area contributed by atoms with E-state index < -0.39 is 15.8 Å². The van der Waals surface area contributed by atoms with Crippen molar-refractivity contribution in [1.29, 1.82) is 0 Å². The molecule has 0 radical (unpaired) electrons. The molecule has 0 fully saturated rings. The van der Waals surface area contributed by atoms with Crippen LogP contribution in [0.5, 0.6) is 0 Å². The smallest absolute Gasteiger partial charge is 0.0262 e. The van der Waals surface area contributed by atoms with E-state index in [0.29, 0.717) is 0 Å². The van der Waals surface area contributed by atoms with Crippen LogP contribution < -0.4 is 21.2 Å². The fourth-order valence-electron chi connectivity index (χ4n) is 5.40. The van der Waals surface area contributed by atoms with Gasteiger partial charge in [-0.15, -0.1) is 0 Å². The average molecular weight is 497 g/mol. The Morgan fingerprint density at radius 3 is 0.857 bits per heavy atom. The molecule has 0 amide bonds. The van der Waals surface area contributed by atoms with Crippen LogP contribution in [0.1, 0.15) is 48.9 Å². The molecular formula is C33H38P2. The molecule has 0 heterocycles. The largest absolute Gasteiger partial charge is 0.0641 e. The predicted molar refractivity (Wildman–Crippen MR) is 160 cm³/mol. The van der Waals surface area contributed by atoms with E-state index in [-0.39, 0.29) is 4.90 Å². The topological polar surface area (TPSA) is 0 Å². The second-order valence-corrected chi connectivity index (χ2v) is 14.8. The molecule has 4 rings (SSSR count). The third-order valence-electron chi connectivity index (χ3n) is 7.39. The van der Waals surface area contributed by atoms with E-state index in [0.717, 1.165) is 12.8 Å². The Labute approximate surface area is 215 Å². The molecule has 2 heteroatoms. The molecule has 0 aromatic heterocycles. The van der Waals surface area contributed by atoms with Gasteiger partial charge in [0.25, 0.3) is 0 Å². The zero-order valence-electron chi connectivity index (χ0n) is 22.0. The minimum atomic E-state index is -0.623. The zero-order chi connectivity index (χ0) is 25.0. The molecule has 0 aliphatic carbocycles. The average Bonchev–Trinajstić information content (AvgIpc) is 2.87. The van der Waals surface area contributed by atoms with Gasteiger partial charge in [0.15, 0.2) is 0 Å². The molecule has 0 bridgehead atoms. The summed E-state index contributed by atoms with van der Waals surface area (Å²) in [6, 6.07) is 36.6. The first-order chi connectivity index (χ1) is 16.9. The maximum atomic E-state index is 2.45. The highest BCUT2D eigenvalue weighted by Gasteiger charge is 2.47. The van der Waals surface area contributed by atoms with Gasteiger partial charge < -0.3 is 0 Å². The monoisotopic (exact) mass is 496 g/mol. The third kappa shape index (κ3) is 4.89. The van der Waals surface area contributed by atoms with Gasteiger partial charge >= 0.3 is 0 Å². The number of aryl methyl sites for hydroxylation is 4. The van der Waals surface area contributed by atoms with Gasteiger partial charge in [0.2, 0.25) is 0 Å². The number of hydrogen-bond acceptors (Lipinski definition) is 0. The van der Waals surface area contributed by atoms with Crippen molar-refractivity contribution in [3.05, 3.63) is 119 Å². The van der Waals surface area contributed by atoms with E-state index in [1.807, 2.05) is 0 Å². The molecule has 4 aromatic carbocycles. The van der Waals surface area contributed by atoms with Gasteiger partial charge in [-0.05, 0) is 99.9 Å². The number of rotatable bonds is 8. The Kier molecular flexibility index (Phi) is 8.27. The Morgan fingerprint density at radius 2 is 0.657 bits per heavy atom. The van der Waals surface area contributed by atoms with Crippen LogP contribution in [0.4, 0.5) is 0 Å². The molecule has 0 N–H and O–H groups in total. The lowest BCUT2D eigenvalue weighted by Crippen LogP contribution is -2.40. The second-order valence-electron chi connectivity index (χ2n) is 9.51. The van der Waals surface area contributed by atoms with Crippen LogP contribution in [0.25, 0.3) is 0 Å². The first-order valence-corrected chi connectivity index (χ1v) is 15.5. The van der Waals surface area contributed by atoms with Crippen molar-refractivity contribution >= 4 is 37.1 Å². The van der Waals surface area contributed by atoms with Crippen LogP contribution >= 0.6 is 15.8 Å². The number of hydrogen-bond donors (Lipinski definition) is 0. The van der Waals surface area contributed by atoms with E-state index in [1.54, 1.807) is 0 Å². The summed E-state index contributed by atoms with van der Waals surface area (Å²) in [6.45, 7) is 14.1. The van der Waals surface area contributed by atoms with Crippen LogP contribution in [0.15, 0.2) is 97.1 Å². The van der Waals surface area contributed by atoms with Crippen molar-refractivity contribution in [2.24, 2.45) is 0 Å². The summed E-state index contributed by atoms with van der Waals surface area (Å²) in [5.74, 6) is 0. The van der Waals surface area contributed by atoms with Gasteiger partial charge in [-0.3, -0.25) is 0 Å². The van der Waals surface area contributed by atoms with E-state index in [1.165, 1.54) is 43.5 Å². The summed E-state index contributed by atoms with van der Waals surface area (Å²) in [4.78, 5) is 0.126. The normalized spacial score (nSPS) is 11.9. The lowest BCUT2D eigenvalue weighted by molar-refractivity contribution is 0.724. The Morgan fingerprint density at radius 1 is 0.429 bits per heavy atom. The quantitative estimate of drug-likeness (QED) is 0.217. The standard InChI is InChI=1S/C33H38P2/c1-7-33(8-2,34(29-21-13-9-17-25(29)3)30-22-14-10-18-26(30)4)35(31-23-15-11-19-27(31)5)32-24-16-12-20-28(32)6/h9-24H,7-8H2,1-6H3. The second kappa shape index (κ2) is 11.2. The molecule has 0 saturated heterocycles. The summed E-state index contributed by atoms with van der Waals surface area (Å²) < 4.78 is 0. The van der Waals surface area contributed by atoms with Gasteiger partial charge in [-0.25, -0.2) is 0 Å². The third-order valence-corrected chi connectivity index (χ3v) is 15.5. The number of benzene rings is 4. The molecule has 35 heavy (non-hydrogen) atoms. The molecule has 0 aliphatic rings. The maximum absolute atomic E-state index is 2.45. The minimum absolute atomic E-state index is 0.126. The summed E-state index contributed by atoms with van der Waals surface area (Å²) in [7, 11) is -1.25. The Hall–Kier alpha value is -2.26. The molecule has 0 aliphatic heterocycles. The van der Waals surface area contributed by atoms with Crippen LogP contribution in [-0.2, 0) is 0 Å². The minimum Gasteiger partial charge on any atom is -0.0641 e. The van der Waals surface area contributed by atoms with Crippen molar-refractivity contribution in [3.63, 3.8) is 0 Å². The first-order valence-electron chi connectivity index (χ1n) is 12.8. The Bertz CT molecular complexity index is 1100. The molecular weight excluding hydrogens is 458 g/mol. The maximum Gasteiger partial charge on any atom is 0.0262 e. The van der Waals surface area contributed by atoms with Gasteiger partial charge in [0.1, 0.15) is 0 Å². The molecule has 180 valence electrons. The molecule has 0 saturated carbocycles. The molecule has 4 aromatic rings. The predicted octanol–water partition coefficient (Wildman–Crippen LogP) is 8.00. The van der Waals surface area contributed by atoms with Gasteiger partial charge in [0, 0.05) is 4.90 Å². The van der Waals surface area contributed by atoms with Crippen LogP contribution in [-0.4, -0.2) is 4.90 Å². The highest BCUT2D eigenvalue weighted by atomic mass is 31.2. The summed E-state index contributed by atoms with van der Waals surface area (Å²) in [5.41, 5.74) is 5.66. The van der Waals surface area contributed by atoms with E-state index in [9.17, 15) is 0 Å². The van der Waals surface area contributed by atoms with Gasteiger partial charge in [-0.1, -0.05) is 111 Å². The highest BCUT2D eigenvalue weighted by Crippen LogP contribution is 2.69. The summed E-state index contributed by atoms with van der Waals surface area (Å²) in [6.07, 6.45) is 2.29. The van der Waals surface area contributed by atoms with E-state index >= 15 is 0 Å². The highest BCUT2D eigenvalue weighted by molar-refractivity contribution is 7.91. The molecule has 0 spiro atoms. The zero-order valence-corrected chi connectivity index (χ0v) is 23.8. The first kappa shape index (κ1) is 25.8. The fraction of sp³-hybridized carbons (Fsp3) is 0.273. The van der Waals surface area contributed by atoms with Gasteiger partial charge in [-0.2, -0.15) is 0 Å². The molecule has 0 atom stereocenters. The summed E-state index contributed by atoms with van der Waals surface area (Å²) in [5, 5.41) is 6.15.